The number of hydrogen-bond acceptors (Lipinski definition) is 4. The number of rotatable bonds is 3. The molecule has 2 unspecified atom stereocenters. The van der Waals surface area contributed by atoms with Gasteiger partial charge in [0.05, 0.1) is 23.6 Å². The second-order valence-electron chi connectivity index (χ2n) is 7.50. The second kappa shape index (κ2) is 6.42. The van der Waals surface area contributed by atoms with E-state index >= 15 is 0 Å². The monoisotopic (exact) mass is 394 g/mol. The number of nitrogens with zero attached hydrogens (tertiary/aromatic N) is 2. The van der Waals surface area contributed by atoms with E-state index in [1.807, 2.05) is 0 Å². The number of carbonyl (C=O) groups excluding carboxylic acids is 3. The number of ketones is 1. The molecular weight excluding hydrogens is 378 g/mol. The molecule has 3 heterocycles. The van der Waals surface area contributed by atoms with Crippen LogP contribution in [0.5, 0.6) is 0 Å². The summed E-state index contributed by atoms with van der Waals surface area (Å²) in [5.41, 5.74) is 0.553. The number of hydrogen-bond donors (Lipinski definition) is 0. The fourth-order valence-corrected chi connectivity index (χ4v) is 4.76. The van der Waals surface area contributed by atoms with Gasteiger partial charge in [0.15, 0.2) is 5.78 Å². The molecule has 2 amide bonds. The third-order valence-electron chi connectivity index (χ3n) is 5.97. The van der Waals surface area contributed by atoms with Gasteiger partial charge in [0.2, 0.25) is 11.8 Å². The normalized spacial score (nSPS) is 28.3. The van der Waals surface area contributed by atoms with Crippen LogP contribution in [0.25, 0.3) is 0 Å². The Balaban J connectivity index is 1.53. The van der Waals surface area contributed by atoms with E-state index in [2.05, 4.69) is 0 Å². The van der Waals surface area contributed by atoms with Crippen molar-refractivity contribution in [2.24, 2.45) is 11.8 Å². The summed E-state index contributed by atoms with van der Waals surface area (Å²) in [5.74, 6) is -3.86. The van der Waals surface area contributed by atoms with Crippen molar-refractivity contribution >= 4 is 23.3 Å². The van der Waals surface area contributed by atoms with Gasteiger partial charge in [0.1, 0.15) is 11.6 Å². The van der Waals surface area contributed by atoms with Crippen molar-refractivity contribution in [3.63, 3.8) is 0 Å². The van der Waals surface area contributed by atoms with Gasteiger partial charge in [0, 0.05) is 18.2 Å². The Morgan fingerprint density at radius 2 is 1.62 bits per heavy atom. The topological polar surface area (TPSA) is 57.7 Å². The lowest BCUT2D eigenvalue weighted by Crippen LogP contribution is -2.48. The smallest absolute Gasteiger partial charge is 0.239 e. The lowest BCUT2D eigenvalue weighted by molar-refractivity contribution is -0.129. The lowest BCUT2D eigenvalue weighted by atomic mass is 9.90. The zero-order chi connectivity index (χ0) is 20.3. The number of amides is 2. The third kappa shape index (κ3) is 2.57. The minimum atomic E-state index is -0.872. The van der Waals surface area contributed by atoms with Crippen LogP contribution in [0, 0.1) is 23.5 Å². The molecule has 0 saturated carbocycles. The van der Waals surface area contributed by atoms with Crippen LogP contribution in [0.1, 0.15) is 5.56 Å². The molecule has 146 valence electrons. The van der Waals surface area contributed by atoms with Crippen molar-refractivity contribution in [2.75, 3.05) is 4.90 Å². The Bertz CT molecular complexity index is 1070. The number of carbonyl (C=O) groups is 3. The Hall–Kier alpha value is -3.19. The van der Waals surface area contributed by atoms with Crippen LogP contribution >= 0.6 is 0 Å². The molecule has 0 N–H and O–H groups in total. The summed E-state index contributed by atoms with van der Waals surface area (Å²) in [6.45, 7) is -0.0616. The average Bonchev–Trinajstić information content (AvgIpc) is 3.09. The highest BCUT2D eigenvalue weighted by molar-refractivity contribution is 6.24. The Morgan fingerprint density at radius 1 is 0.897 bits per heavy atom. The molecule has 0 aliphatic carbocycles. The second-order valence-corrected chi connectivity index (χ2v) is 7.50. The van der Waals surface area contributed by atoms with Gasteiger partial charge in [-0.2, -0.15) is 0 Å². The van der Waals surface area contributed by atoms with Crippen LogP contribution < -0.4 is 4.90 Å². The number of imide groups is 1. The predicted molar refractivity (Wildman–Crippen MR) is 99.5 cm³/mol. The quantitative estimate of drug-likeness (QED) is 0.751. The summed E-state index contributed by atoms with van der Waals surface area (Å²) in [5, 5.41) is 0. The Morgan fingerprint density at radius 3 is 2.38 bits per heavy atom. The molecule has 2 fully saturated rings. The van der Waals surface area contributed by atoms with Crippen LogP contribution in [-0.4, -0.2) is 34.6 Å². The number of anilines is 1. The van der Waals surface area contributed by atoms with Gasteiger partial charge in [-0.1, -0.05) is 24.3 Å². The molecule has 0 spiro atoms. The Kier molecular flexibility index (Phi) is 3.96. The highest BCUT2D eigenvalue weighted by atomic mass is 19.1. The summed E-state index contributed by atoms with van der Waals surface area (Å²) in [6, 6.07) is 10.3. The van der Waals surface area contributed by atoms with Crippen LogP contribution in [0.15, 0.2) is 60.7 Å². The van der Waals surface area contributed by atoms with E-state index in [9.17, 15) is 23.2 Å². The highest BCUT2D eigenvalue weighted by Gasteiger charge is 2.64. The summed E-state index contributed by atoms with van der Waals surface area (Å²) in [6.07, 6.45) is 2.99. The molecule has 3 aliphatic heterocycles. The molecule has 0 radical (unpaired) electrons. The number of para-hydroxylation sites is 1. The van der Waals surface area contributed by atoms with Crippen molar-refractivity contribution < 1.29 is 23.2 Å². The van der Waals surface area contributed by atoms with Crippen LogP contribution in [0.2, 0.25) is 0 Å². The van der Waals surface area contributed by atoms with Crippen molar-refractivity contribution in [1.82, 2.24) is 4.90 Å². The van der Waals surface area contributed by atoms with E-state index in [0.717, 1.165) is 23.1 Å². The molecule has 2 saturated heterocycles. The van der Waals surface area contributed by atoms with Gasteiger partial charge in [0.25, 0.3) is 0 Å². The largest absolute Gasteiger partial charge is 0.293 e. The molecule has 2 aromatic carbocycles. The first-order valence-electron chi connectivity index (χ1n) is 9.32. The lowest BCUT2D eigenvalue weighted by Gasteiger charge is -2.33. The zero-order valence-electron chi connectivity index (χ0n) is 15.2. The molecule has 29 heavy (non-hydrogen) atoms. The standard InChI is InChI=1S/C22H16F2N2O3/c23-13-6-7-15(24)12(10-13)11-25-16-8-9-17(27)20(25)19-18(16)21(28)26(22(19)29)14-4-2-1-3-5-14/h1-10,16,18-20H,11H2/t16-,18?,19?,20+/m0/s1. The molecule has 4 atom stereocenters. The van der Waals surface area contributed by atoms with Crippen molar-refractivity contribution in [3.8, 4) is 0 Å². The van der Waals surface area contributed by atoms with Crippen LogP contribution in [0.4, 0.5) is 14.5 Å². The summed E-state index contributed by atoms with van der Waals surface area (Å²) < 4.78 is 27.8. The summed E-state index contributed by atoms with van der Waals surface area (Å²) >= 11 is 0. The van der Waals surface area contributed by atoms with E-state index in [0.29, 0.717) is 5.69 Å². The van der Waals surface area contributed by atoms with Crippen LogP contribution in [0.3, 0.4) is 0 Å². The molecule has 7 heteroatoms. The maximum atomic E-state index is 14.2. The first-order valence-corrected chi connectivity index (χ1v) is 9.32. The van der Waals surface area contributed by atoms with Gasteiger partial charge in [-0.3, -0.25) is 19.3 Å². The summed E-state index contributed by atoms with van der Waals surface area (Å²) in [4.78, 5) is 41.8. The minimum absolute atomic E-state index is 0.0616. The zero-order valence-corrected chi connectivity index (χ0v) is 15.2. The van der Waals surface area contributed by atoms with Crippen LogP contribution in [-0.2, 0) is 20.9 Å². The molecule has 2 aromatic rings. The van der Waals surface area contributed by atoms with Gasteiger partial charge >= 0.3 is 0 Å². The first kappa shape index (κ1) is 17.9. The molecule has 5 rings (SSSR count). The van der Waals surface area contributed by atoms with E-state index in [1.165, 1.54) is 6.08 Å². The Labute approximate surface area is 165 Å². The molecule has 5 nitrogen and oxygen atoms in total. The summed E-state index contributed by atoms with van der Waals surface area (Å²) in [7, 11) is 0. The number of benzene rings is 2. The van der Waals surface area contributed by atoms with E-state index in [1.54, 1.807) is 41.3 Å². The number of halogens is 2. The minimum Gasteiger partial charge on any atom is -0.293 e. The first-order chi connectivity index (χ1) is 14.0. The maximum Gasteiger partial charge on any atom is 0.239 e. The van der Waals surface area contributed by atoms with Crippen molar-refractivity contribution in [3.05, 3.63) is 77.9 Å². The van der Waals surface area contributed by atoms with Gasteiger partial charge in [-0.15, -0.1) is 0 Å². The fourth-order valence-electron chi connectivity index (χ4n) is 4.76. The third-order valence-corrected chi connectivity index (χ3v) is 5.97. The average molecular weight is 394 g/mol. The van der Waals surface area contributed by atoms with Crippen molar-refractivity contribution in [2.45, 2.75) is 18.6 Å². The molecule has 0 aromatic heterocycles. The SMILES string of the molecule is O=C1C=C[C@H]2C3C(=O)N(c4ccccc4)C(=O)C3[C@@H]1N2Cc1cc(F)ccc1F. The molecule has 2 bridgehead atoms. The van der Waals surface area contributed by atoms with Gasteiger partial charge < -0.3 is 0 Å². The maximum absolute atomic E-state index is 14.2. The fraction of sp³-hybridized carbons (Fsp3) is 0.227. The molecule has 3 aliphatic rings. The van der Waals surface area contributed by atoms with E-state index in [-0.39, 0.29) is 23.8 Å². The predicted octanol–water partition coefficient (Wildman–Crippen LogP) is 2.46. The van der Waals surface area contributed by atoms with E-state index < -0.39 is 41.5 Å². The van der Waals surface area contributed by atoms with Gasteiger partial charge in [-0.05, 0) is 36.4 Å². The van der Waals surface area contributed by atoms with Gasteiger partial charge in [-0.25, -0.2) is 13.7 Å². The highest BCUT2D eigenvalue weighted by Crippen LogP contribution is 2.47. The number of fused-ring (bicyclic) bond motifs is 5. The van der Waals surface area contributed by atoms with E-state index in [4.69, 9.17) is 0 Å². The molecular formula is C22H16F2N2O3. The van der Waals surface area contributed by atoms with Crippen molar-refractivity contribution in [1.29, 1.82) is 0 Å².